The molecule has 1 unspecified atom stereocenters. The minimum atomic E-state index is 0.193. The third-order valence-electron chi connectivity index (χ3n) is 3.23. The molecule has 0 radical (unpaired) electrons. The smallest absolute Gasteiger partial charge is 0.0692 e. The number of rotatable bonds is 3. The van der Waals surface area contributed by atoms with Gasteiger partial charge in [0, 0.05) is 7.11 Å². The fourth-order valence-corrected chi connectivity index (χ4v) is 2.67. The molecule has 1 aliphatic carbocycles. The van der Waals surface area contributed by atoms with Crippen molar-refractivity contribution in [3.63, 3.8) is 0 Å². The summed E-state index contributed by atoms with van der Waals surface area (Å²) >= 11 is 15.7. The molecule has 1 saturated carbocycles. The molecule has 2 aliphatic rings. The summed E-state index contributed by atoms with van der Waals surface area (Å²) in [5, 5.41) is 4.81. The molecule has 0 amide bonds. The summed E-state index contributed by atoms with van der Waals surface area (Å²) in [6, 6.07) is 0.193. The van der Waals surface area contributed by atoms with Gasteiger partial charge in [0.05, 0.1) is 6.10 Å². The number of nitrogens with zero attached hydrogens (tertiary/aromatic N) is 1. The van der Waals surface area contributed by atoms with Gasteiger partial charge in [-0.05, 0) is 12.8 Å². The normalized spacial score (nSPS) is 27.3. The van der Waals surface area contributed by atoms with Crippen LogP contribution in [0.4, 0.5) is 0 Å². The molecule has 0 aromatic carbocycles. The summed E-state index contributed by atoms with van der Waals surface area (Å²) in [4.78, 5) is 0. The molecule has 0 aromatic heterocycles. The first-order chi connectivity index (χ1) is 10.2. The van der Waals surface area contributed by atoms with Gasteiger partial charge in [0.25, 0.3) is 0 Å². The van der Waals surface area contributed by atoms with Crippen molar-refractivity contribution in [2.75, 3.05) is 18.6 Å². The van der Waals surface area contributed by atoms with Crippen molar-refractivity contribution >= 4 is 37.9 Å². The van der Waals surface area contributed by atoms with E-state index in [-0.39, 0.29) is 6.04 Å². The molecular weight excluding hydrogens is 408 g/mol. The largest absolute Gasteiger partial charge is 0.793 e. The Morgan fingerprint density at radius 1 is 1.29 bits per heavy atom. The van der Waals surface area contributed by atoms with Gasteiger partial charge in [0.2, 0.25) is 0 Å². The molecule has 1 atom stereocenters. The summed E-state index contributed by atoms with van der Waals surface area (Å²) in [7, 11) is 1.79. The molecular formula is C14H21NO2S3Tc. The Labute approximate surface area is 155 Å². The van der Waals surface area contributed by atoms with E-state index >= 15 is 0 Å². The average Bonchev–Trinajstić information content (AvgIpc) is 2.58. The van der Waals surface area contributed by atoms with Gasteiger partial charge in [-0.25, -0.2) is 0 Å². The SMILES string of the molecule is COC1CCC([S-])CC1.[O]=[Tc+4].[S-]CC1=CC=CC(C[S-])[N-]1. The molecule has 0 spiro atoms. The van der Waals surface area contributed by atoms with E-state index in [9.17, 15) is 0 Å². The summed E-state index contributed by atoms with van der Waals surface area (Å²) in [6.45, 7) is 0. The van der Waals surface area contributed by atoms with Gasteiger partial charge < -0.3 is 47.9 Å². The molecule has 0 bridgehead atoms. The van der Waals surface area contributed by atoms with Gasteiger partial charge in [-0.3, -0.25) is 0 Å². The minimum Gasteiger partial charge on any atom is -0.793 e. The average molecular weight is 430 g/mol. The van der Waals surface area contributed by atoms with Crippen LogP contribution in [0, 0.1) is 0 Å². The maximum atomic E-state index is 8.22. The zero-order chi connectivity index (χ0) is 16.1. The van der Waals surface area contributed by atoms with Crippen LogP contribution in [-0.4, -0.2) is 36.0 Å². The van der Waals surface area contributed by atoms with Gasteiger partial charge in [0.15, 0.2) is 0 Å². The predicted molar refractivity (Wildman–Crippen MR) is 89.9 cm³/mol. The van der Waals surface area contributed by atoms with Gasteiger partial charge >= 0.3 is 22.4 Å². The Hall–Kier alpha value is 0.739. The number of allylic oxidation sites excluding steroid dienone is 2. The summed E-state index contributed by atoms with van der Waals surface area (Å²) in [5.41, 5.74) is 0.979. The van der Waals surface area contributed by atoms with Crippen LogP contribution < -0.4 is 0 Å². The Bertz CT molecular complexity index is 321. The third-order valence-corrected chi connectivity index (χ3v) is 4.34. The zero-order valence-electron chi connectivity index (χ0n) is 12.1. The Morgan fingerprint density at radius 2 is 1.90 bits per heavy atom. The molecule has 21 heavy (non-hydrogen) atoms. The van der Waals surface area contributed by atoms with Crippen LogP contribution in [0.1, 0.15) is 25.7 Å². The van der Waals surface area contributed by atoms with Crippen LogP contribution >= 0.6 is 0 Å². The van der Waals surface area contributed by atoms with Crippen LogP contribution in [0.5, 0.6) is 0 Å². The maximum absolute atomic E-state index is 8.22. The third kappa shape index (κ3) is 10.2. The summed E-state index contributed by atoms with van der Waals surface area (Å²) in [6.07, 6.45) is 11.1. The van der Waals surface area contributed by atoms with E-state index in [1.807, 2.05) is 18.2 Å². The molecule has 7 heteroatoms. The van der Waals surface area contributed by atoms with E-state index in [1.165, 1.54) is 25.7 Å². The summed E-state index contributed by atoms with van der Waals surface area (Å²) in [5.74, 6) is 1.25. The van der Waals surface area contributed by atoms with Crippen molar-refractivity contribution in [1.29, 1.82) is 0 Å². The number of methoxy groups -OCH3 is 1. The molecule has 0 saturated heterocycles. The maximum Gasteiger partial charge on any atom is -0.0692 e. The van der Waals surface area contributed by atoms with Gasteiger partial charge in [0.1, 0.15) is 0 Å². The van der Waals surface area contributed by atoms with Crippen molar-refractivity contribution < 1.29 is 27.1 Å². The van der Waals surface area contributed by atoms with Crippen molar-refractivity contribution in [3.8, 4) is 0 Å². The number of hydrogen-bond donors (Lipinski definition) is 0. The van der Waals surface area contributed by atoms with Crippen molar-refractivity contribution in [3.05, 3.63) is 29.2 Å². The molecule has 3 nitrogen and oxygen atoms in total. The van der Waals surface area contributed by atoms with Gasteiger partial charge in [-0.1, -0.05) is 25.0 Å². The summed E-state index contributed by atoms with van der Waals surface area (Å²) < 4.78 is 13.4. The predicted octanol–water partition coefficient (Wildman–Crippen LogP) is 2.65. The zero-order valence-corrected chi connectivity index (χ0v) is 16.4. The second-order valence-corrected chi connectivity index (χ2v) is 5.97. The van der Waals surface area contributed by atoms with E-state index in [1.54, 1.807) is 7.11 Å². The molecule has 2 rings (SSSR count). The topological polar surface area (TPSA) is 40.4 Å². The molecule has 1 fully saturated rings. The second kappa shape index (κ2) is 14.3. The molecule has 0 N–H and O–H groups in total. The van der Waals surface area contributed by atoms with Crippen molar-refractivity contribution in [1.82, 2.24) is 0 Å². The molecule has 0 aromatic rings. The Balaban J connectivity index is 0.000000342. The van der Waals surface area contributed by atoms with Gasteiger partial charge in [-0.15, -0.1) is 12.1 Å². The first kappa shape index (κ1) is 21.7. The first-order valence-corrected chi connectivity index (χ1v) is 9.16. The Morgan fingerprint density at radius 3 is 2.38 bits per heavy atom. The quantitative estimate of drug-likeness (QED) is 0.645. The molecule has 119 valence electrons. The standard InChI is InChI=1S/C7H10NS2.C7H14OS.O.Tc/c9-4-6-2-1-3-7(5-10)8-6;1-8-6-2-4-7(9)5-3-6;;/h1-3,6,9-10H,4-5H2;6-7,9H,2-5H2,1H3;;/q-1;;;+4/p-3. The number of ether oxygens (including phenoxy) is 1. The van der Waals surface area contributed by atoms with E-state index in [0.29, 0.717) is 22.9 Å². The fraction of sp³-hybridized carbons (Fsp3) is 0.714. The van der Waals surface area contributed by atoms with Crippen LogP contribution in [0.2, 0.25) is 0 Å². The van der Waals surface area contributed by atoms with Crippen LogP contribution in [0.15, 0.2) is 23.9 Å². The monoisotopic (exact) mass is 428 g/mol. The van der Waals surface area contributed by atoms with Crippen LogP contribution in [0.3, 0.4) is 0 Å². The van der Waals surface area contributed by atoms with E-state index in [0.717, 1.165) is 24.6 Å². The number of hydrogen-bond acceptors (Lipinski definition) is 5. The van der Waals surface area contributed by atoms with Crippen LogP contribution in [-0.2, 0) is 65.0 Å². The first-order valence-electron chi connectivity index (χ1n) is 6.78. The molecule has 1 heterocycles. The second-order valence-electron chi connectivity index (χ2n) is 4.68. The molecule has 1 aliphatic heterocycles. The van der Waals surface area contributed by atoms with Crippen LogP contribution in [0.25, 0.3) is 5.32 Å². The van der Waals surface area contributed by atoms with E-state index in [2.05, 4.69) is 5.32 Å². The van der Waals surface area contributed by atoms with Crippen molar-refractivity contribution in [2.45, 2.75) is 43.1 Å². The van der Waals surface area contributed by atoms with Crippen molar-refractivity contribution in [2.24, 2.45) is 0 Å². The fourth-order valence-electron chi connectivity index (χ4n) is 2.04. The van der Waals surface area contributed by atoms with E-state index in [4.69, 9.17) is 46.1 Å². The van der Waals surface area contributed by atoms with E-state index < -0.39 is 0 Å². The minimum absolute atomic E-state index is 0.193. The van der Waals surface area contributed by atoms with Gasteiger partial charge in [-0.2, -0.15) is 22.5 Å². The Kier molecular flexibility index (Phi) is 14.8.